The lowest BCUT2D eigenvalue weighted by atomic mass is 9.74. The van der Waals surface area contributed by atoms with Gasteiger partial charge in [-0.25, -0.2) is 0 Å². The van der Waals surface area contributed by atoms with Crippen molar-refractivity contribution in [2.45, 2.75) is 276 Å². The van der Waals surface area contributed by atoms with Crippen molar-refractivity contribution in [1.82, 2.24) is 34.7 Å². The predicted octanol–water partition coefficient (Wildman–Crippen LogP) is 16.6. The van der Waals surface area contributed by atoms with Crippen molar-refractivity contribution in [3.05, 3.63) is 212 Å². The molecule has 6 aromatic rings. The van der Waals surface area contributed by atoms with Gasteiger partial charge in [0.25, 0.3) is 0 Å². The summed E-state index contributed by atoms with van der Waals surface area (Å²) in [5, 5.41) is 34.3. The lowest BCUT2D eigenvalue weighted by Gasteiger charge is -2.45. The molecule has 12 fully saturated rings. The van der Waals surface area contributed by atoms with Gasteiger partial charge in [-0.2, -0.15) is 0 Å². The molecular formula is C114H148N10O12S. The third kappa shape index (κ3) is 15.3. The summed E-state index contributed by atoms with van der Waals surface area (Å²) < 4.78 is 0. The minimum atomic E-state index is -0.744. The number of piperidine rings is 1. The summed E-state index contributed by atoms with van der Waals surface area (Å²) in [7, 11) is 0. The molecule has 137 heavy (non-hydrogen) atoms. The average molecular weight is 1880 g/mol. The Balaban J connectivity index is 0.000000105. The van der Waals surface area contributed by atoms with E-state index in [9.17, 15) is 58.7 Å². The first-order chi connectivity index (χ1) is 65.4. The lowest BCUT2D eigenvalue weighted by molar-refractivity contribution is -0.491. The number of nitrogens with zero attached hydrogens (tertiary/aromatic N) is 7. The van der Waals surface area contributed by atoms with Gasteiger partial charge in [0.1, 0.15) is 0 Å². The molecule has 0 aromatic heterocycles. The molecule has 0 bridgehead atoms. The zero-order valence-electron chi connectivity index (χ0n) is 83.6. The summed E-state index contributed by atoms with van der Waals surface area (Å²) in [6, 6.07) is 34.0. The molecule has 7 saturated heterocycles. The molecule has 22 nitrogen and oxygen atoms in total. The molecule has 23 heteroatoms. The molecule has 5 unspecified atom stereocenters. The Labute approximate surface area is 815 Å². The maximum atomic E-state index is 12.8. The number of amides is 6. The summed E-state index contributed by atoms with van der Waals surface area (Å²) in [6.07, 6.45) is 19.1. The number of hydrogen-bond acceptors (Lipinski definition) is 14. The van der Waals surface area contributed by atoms with E-state index in [4.69, 9.17) is 11.5 Å². The normalized spacial score (nSPS) is 34.8. The van der Waals surface area contributed by atoms with Gasteiger partial charge in [-0.1, -0.05) is 131 Å². The van der Waals surface area contributed by atoms with Gasteiger partial charge in [0.2, 0.25) is 42.0 Å². The molecule has 732 valence electrons. The first-order valence-corrected chi connectivity index (χ1v) is 53.2. The number of rotatable bonds is 6. The van der Waals surface area contributed by atoms with Gasteiger partial charge in [0, 0.05) is 129 Å². The summed E-state index contributed by atoms with van der Waals surface area (Å²) in [4.78, 5) is 125. The lowest BCUT2D eigenvalue weighted by Crippen LogP contribution is -2.53. The molecule has 6 amide bonds. The highest BCUT2D eigenvalue weighted by Crippen LogP contribution is 2.67. The van der Waals surface area contributed by atoms with Crippen molar-refractivity contribution in [3.63, 3.8) is 0 Å². The van der Waals surface area contributed by atoms with Gasteiger partial charge in [0.15, 0.2) is 0 Å². The molecule has 22 atom stereocenters. The van der Waals surface area contributed by atoms with Crippen LogP contribution in [0.4, 0.5) is 0 Å². The number of nitrogens with one attached hydrogen (secondary N) is 1. The van der Waals surface area contributed by atoms with E-state index in [1.807, 2.05) is 35.4 Å². The van der Waals surface area contributed by atoms with Crippen molar-refractivity contribution < 1.29 is 53.5 Å². The molecular weight excluding hydrogens is 1730 g/mol. The van der Waals surface area contributed by atoms with Gasteiger partial charge in [0.05, 0.1) is 45.1 Å². The summed E-state index contributed by atoms with van der Waals surface area (Å²) >= 11 is 1.92. The quantitative estimate of drug-likeness (QED) is 0.0764. The number of carboxylic acid groups (broad SMARTS) is 2. The number of carboxylic acids is 2. The second-order valence-electron chi connectivity index (χ2n) is 45.8. The zero-order chi connectivity index (χ0) is 97.1. The van der Waals surface area contributed by atoms with Gasteiger partial charge < -0.3 is 56.4 Å². The summed E-state index contributed by atoms with van der Waals surface area (Å²) in [5.74, 6) is 3.89. The minimum absolute atomic E-state index is 0.0171. The van der Waals surface area contributed by atoms with Crippen molar-refractivity contribution in [1.29, 1.82) is 0 Å². The SMILES string of the molecule is Cc1cc2c(cc1C)C13C[C@H](C)[C@@H](C(=O)O)[C@@H]1CC(=O)N3CCC2.Cc1cc2c(cc1C)C13C[C@H](C)[C@@H](CN)[C@@H]1CC(=O)N3CCC2.Cc1cc2c(cc1C)C13C[C@H](C)[C@@H](C[N+](=O)[O-])[C@@H]1CC(=O)N3CCC2.Cc1ccc2c(c1)CCCN1C(=O)C[C@H]3[C@H](C(=O)O)[C@@H](C)CC231.Cc1ccc2c(c1)CCCN1C(=O)C[C@H]3[C@H](CN)[C@@H](C)CC231.Cc1ccc2c(c1)SCCN1C(=O)C[C@H]3CNCC[C@]231. The van der Waals surface area contributed by atoms with Crippen LogP contribution in [0.15, 0.2) is 95.9 Å². The van der Waals surface area contributed by atoms with Crippen LogP contribution in [0.3, 0.4) is 0 Å². The molecule has 13 heterocycles. The Hall–Kier alpha value is -9.29. The number of hydrogen-bond donors (Lipinski definition) is 5. The van der Waals surface area contributed by atoms with Gasteiger partial charge in [-0.3, -0.25) is 48.5 Å². The number of aliphatic carboxylic acids is 2. The predicted molar refractivity (Wildman–Crippen MR) is 532 cm³/mol. The van der Waals surface area contributed by atoms with Crippen LogP contribution in [0.2, 0.25) is 0 Å². The topological polar surface area (TPSA) is 304 Å². The molecule has 5 aliphatic carbocycles. The fourth-order valence-corrected chi connectivity index (χ4v) is 34.0. The number of nitrogens with two attached hydrogens (primary N) is 2. The van der Waals surface area contributed by atoms with E-state index in [1.165, 1.54) is 116 Å². The average Bonchev–Trinajstić information content (AvgIpc) is 1.54. The van der Waals surface area contributed by atoms with Crippen LogP contribution in [0.5, 0.6) is 0 Å². The third-order valence-electron chi connectivity index (χ3n) is 38.7. The van der Waals surface area contributed by atoms with Crippen LogP contribution in [0.1, 0.15) is 255 Å². The molecule has 24 rings (SSSR count). The zero-order valence-corrected chi connectivity index (χ0v) is 84.4. The number of fused-ring (bicyclic) bond motifs is 6. The largest absolute Gasteiger partial charge is 0.481 e. The van der Waals surface area contributed by atoms with Crippen LogP contribution < -0.4 is 16.8 Å². The van der Waals surface area contributed by atoms with Crippen LogP contribution >= 0.6 is 11.8 Å². The minimum Gasteiger partial charge on any atom is -0.481 e. The molecule has 6 aromatic carbocycles. The second-order valence-corrected chi connectivity index (χ2v) is 46.9. The van der Waals surface area contributed by atoms with E-state index >= 15 is 0 Å². The van der Waals surface area contributed by atoms with Crippen molar-refractivity contribution >= 4 is 59.1 Å². The van der Waals surface area contributed by atoms with Crippen molar-refractivity contribution in [3.8, 4) is 0 Å². The third-order valence-corrected chi connectivity index (χ3v) is 39.7. The van der Waals surface area contributed by atoms with Crippen LogP contribution in [0, 0.1) is 167 Å². The maximum Gasteiger partial charge on any atom is 0.307 e. The molecule has 18 aliphatic rings. The summed E-state index contributed by atoms with van der Waals surface area (Å²) in [6.45, 7) is 38.6. The number of benzene rings is 6. The number of carbonyl (C=O) groups excluding carboxylic acids is 6. The highest BCUT2D eigenvalue weighted by atomic mass is 32.2. The van der Waals surface area contributed by atoms with Crippen molar-refractivity contribution in [2.24, 2.45) is 106 Å². The Morgan fingerprint density at radius 3 is 1.08 bits per heavy atom. The van der Waals surface area contributed by atoms with Crippen molar-refractivity contribution in [2.75, 3.05) is 77.7 Å². The Morgan fingerprint density at radius 1 is 0.394 bits per heavy atom. The van der Waals surface area contributed by atoms with E-state index in [0.29, 0.717) is 111 Å². The molecule has 0 radical (unpaired) electrons. The second kappa shape index (κ2) is 36.7. The standard InChI is InChI=1S/C20H26N2O3.C20H28N2O.C20H25NO3.C19H26N2O.C19H23NO3.C16H20N2OS/c1-12-7-15-5-4-6-21-19(23)9-18-16(11-22(24)25)14(3)10-20(18,21)17(15)8-13(12)2;1-12-7-15-5-4-6-22-19(23)9-18-16(11-21)14(3)10-20(18,22)17(15)8-13(12)2;1-11-7-14-5-4-6-21-17(22)9-16-18(19(23)24)13(3)10-20(16,21)15(14)8-12(11)2;1-12-5-6-16-14(8-12)4-3-7-21-18(22)9-17-15(11-20)13(2)10-19(16,17)21;1-11-5-6-14-13(8-11)4-3-7-20-16(21)9-15-17(18(22)23)12(2)10-19(14,15)20;1-11-2-3-13-14(8-11)20-7-6-18-15(19)9-12-10-17-5-4-16(12,13)18/h7-8,14,16,18H,4-6,9-11H2,1-3H3;7-8,14,16,18H,4-6,9-11,21H2,1-3H3;7-8,13,16,18H,4-6,9-10H2,1-3H3,(H,23,24);5-6,8,13,15,17H,3-4,7,9-11,20H2,1-2H3;5-6,8,12,15,17H,3-4,7,9-10H2,1-2H3,(H,22,23);2-3,8,12,17H,4-7,9-10H2,1H3/t2*14-,16+,18-,20?;13-,16-,18+,20?;13-,15+,17-,19?;12-,15-,17+,19?;12-,16+/m000000/s1. The Bertz CT molecular complexity index is 5870. The number of nitro groups is 1. The Morgan fingerprint density at radius 2 is 0.701 bits per heavy atom. The number of aryl methyl sites for hydroxylation is 14. The van der Waals surface area contributed by atoms with Crippen LogP contribution in [-0.2, 0) is 104 Å². The first kappa shape index (κ1) is 96.6. The highest BCUT2D eigenvalue weighted by Gasteiger charge is 2.70. The van der Waals surface area contributed by atoms with Gasteiger partial charge in [-0.05, 0) is 344 Å². The molecule has 7 N–H and O–H groups in total. The monoisotopic (exact) mass is 1880 g/mol. The fourth-order valence-electron chi connectivity index (χ4n) is 32.8. The molecule has 5 saturated carbocycles. The van der Waals surface area contributed by atoms with Crippen LogP contribution in [-0.4, -0.2) is 170 Å². The molecule has 6 spiro atoms. The van der Waals surface area contributed by atoms with E-state index < -0.39 is 29.3 Å². The van der Waals surface area contributed by atoms with Crippen LogP contribution in [0.25, 0.3) is 0 Å². The fraction of sp³-hybridized carbons (Fsp3) is 0.614. The highest BCUT2D eigenvalue weighted by molar-refractivity contribution is 7.99. The maximum absolute atomic E-state index is 12.8. The van der Waals surface area contributed by atoms with E-state index in [-0.39, 0.29) is 98.3 Å². The van der Waals surface area contributed by atoms with E-state index in [2.05, 4.69) is 199 Å². The van der Waals surface area contributed by atoms with E-state index in [0.717, 1.165) is 161 Å². The number of thioether (sulfide) groups is 1. The smallest absolute Gasteiger partial charge is 0.307 e. The Kier molecular flexibility index (Phi) is 25.8. The number of carbonyl (C=O) groups is 8. The van der Waals surface area contributed by atoms with E-state index in [1.54, 1.807) is 0 Å². The van der Waals surface area contributed by atoms with Gasteiger partial charge >= 0.3 is 11.9 Å². The van der Waals surface area contributed by atoms with Gasteiger partial charge in [-0.15, -0.1) is 11.8 Å². The first-order valence-electron chi connectivity index (χ1n) is 52.2. The summed E-state index contributed by atoms with van der Waals surface area (Å²) in [5.41, 5.74) is 37.5. The molecule has 13 aliphatic heterocycles.